The van der Waals surface area contributed by atoms with Crippen molar-refractivity contribution < 1.29 is 4.42 Å². The zero-order valence-corrected chi connectivity index (χ0v) is 9.13. The van der Waals surface area contributed by atoms with Crippen molar-refractivity contribution >= 4 is 11.8 Å². The second-order valence-corrected chi connectivity index (χ2v) is 5.22. The molecule has 1 fully saturated rings. The molecule has 2 N–H and O–H groups in total. The highest BCUT2D eigenvalue weighted by molar-refractivity contribution is 7.99. The summed E-state index contributed by atoms with van der Waals surface area (Å²) in [5.74, 6) is 2.09. The van der Waals surface area contributed by atoms with Gasteiger partial charge in [0.1, 0.15) is 5.76 Å². The molecule has 1 heterocycles. The lowest BCUT2D eigenvalue weighted by atomic mass is 9.96. The molecular formula is C11H17NOS. The van der Waals surface area contributed by atoms with Crippen molar-refractivity contribution in [3.63, 3.8) is 0 Å². The molecule has 0 unspecified atom stereocenters. The number of furan rings is 1. The number of thioether (sulfide) groups is 1. The number of hydrogen-bond acceptors (Lipinski definition) is 3. The molecule has 1 aromatic rings. The molecule has 1 aliphatic rings. The first kappa shape index (κ1) is 10.1. The summed E-state index contributed by atoms with van der Waals surface area (Å²) in [6.45, 7) is 0. The number of rotatable bonds is 3. The second kappa shape index (κ2) is 4.89. The van der Waals surface area contributed by atoms with E-state index in [1.807, 2.05) is 23.9 Å². The van der Waals surface area contributed by atoms with Crippen molar-refractivity contribution in [3.05, 3.63) is 24.2 Å². The van der Waals surface area contributed by atoms with Crippen molar-refractivity contribution in [2.75, 3.05) is 0 Å². The molecule has 0 spiro atoms. The maximum absolute atomic E-state index is 5.86. The lowest BCUT2D eigenvalue weighted by Crippen LogP contribution is -2.27. The van der Waals surface area contributed by atoms with E-state index < -0.39 is 0 Å². The average molecular weight is 211 g/mol. The second-order valence-electron chi connectivity index (χ2n) is 3.93. The van der Waals surface area contributed by atoms with Gasteiger partial charge in [0.15, 0.2) is 0 Å². The molecule has 3 heteroatoms. The molecule has 0 bridgehead atoms. The van der Waals surface area contributed by atoms with Crippen molar-refractivity contribution in [1.29, 1.82) is 0 Å². The van der Waals surface area contributed by atoms with Gasteiger partial charge in [-0.15, -0.1) is 0 Å². The van der Waals surface area contributed by atoms with Gasteiger partial charge in [-0.25, -0.2) is 0 Å². The number of nitrogens with two attached hydrogens (primary N) is 1. The molecule has 0 saturated heterocycles. The summed E-state index contributed by atoms with van der Waals surface area (Å²) in [5.41, 5.74) is 5.86. The van der Waals surface area contributed by atoms with Crippen molar-refractivity contribution in [2.24, 2.45) is 5.73 Å². The molecule has 0 radical (unpaired) electrons. The van der Waals surface area contributed by atoms with Crippen molar-refractivity contribution in [2.45, 2.75) is 42.7 Å². The Labute approximate surface area is 89.2 Å². The number of hydrogen-bond donors (Lipinski definition) is 1. The van der Waals surface area contributed by atoms with Gasteiger partial charge in [0.2, 0.25) is 0 Å². The predicted octanol–water partition coefficient (Wildman–Crippen LogP) is 2.78. The monoisotopic (exact) mass is 211 g/mol. The van der Waals surface area contributed by atoms with Crippen LogP contribution in [0.25, 0.3) is 0 Å². The lowest BCUT2D eigenvalue weighted by molar-refractivity contribution is 0.450. The minimum atomic E-state index is 0.454. The molecule has 1 aliphatic carbocycles. The minimum Gasteiger partial charge on any atom is -0.468 e. The highest BCUT2D eigenvalue weighted by Crippen LogP contribution is 2.30. The summed E-state index contributed by atoms with van der Waals surface area (Å²) in [6, 6.07) is 4.45. The quantitative estimate of drug-likeness (QED) is 0.835. The van der Waals surface area contributed by atoms with Gasteiger partial charge in [-0.3, -0.25) is 0 Å². The SMILES string of the molecule is NC1CCC(SCc2ccco2)CC1. The summed E-state index contributed by atoms with van der Waals surface area (Å²) in [5, 5.41) is 0.792. The van der Waals surface area contributed by atoms with Crippen LogP contribution < -0.4 is 5.73 Å². The van der Waals surface area contributed by atoms with E-state index in [0.717, 1.165) is 16.8 Å². The normalized spacial score (nSPS) is 27.8. The highest BCUT2D eigenvalue weighted by Gasteiger charge is 2.18. The van der Waals surface area contributed by atoms with Gasteiger partial charge in [-0.05, 0) is 37.8 Å². The molecule has 14 heavy (non-hydrogen) atoms. The van der Waals surface area contributed by atoms with Crippen LogP contribution in [0.2, 0.25) is 0 Å². The first-order valence-corrected chi connectivity index (χ1v) is 6.29. The third-order valence-electron chi connectivity index (χ3n) is 2.76. The molecule has 2 nitrogen and oxygen atoms in total. The highest BCUT2D eigenvalue weighted by atomic mass is 32.2. The van der Waals surface area contributed by atoms with Crippen molar-refractivity contribution in [1.82, 2.24) is 0 Å². The molecule has 0 aliphatic heterocycles. The lowest BCUT2D eigenvalue weighted by Gasteiger charge is -2.25. The molecule has 0 amide bonds. The van der Waals surface area contributed by atoms with Gasteiger partial charge in [-0.2, -0.15) is 11.8 Å². The fourth-order valence-electron chi connectivity index (χ4n) is 1.85. The average Bonchev–Trinajstić information content (AvgIpc) is 2.70. The fourth-order valence-corrected chi connectivity index (χ4v) is 3.02. The van der Waals surface area contributed by atoms with Crippen LogP contribution in [0.5, 0.6) is 0 Å². The van der Waals surface area contributed by atoms with Crippen LogP contribution in [0.3, 0.4) is 0 Å². The Bertz CT molecular complexity index is 252. The summed E-state index contributed by atoms with van der Waals surface area (Å²) in [6.07, 6.45) is 6.66. The van der Waals surface area contributed by atoms with Crippen molar-refractivity contribution in [3.8, 4) is 0 Å². The van der Waals surface area contributed by atoms with E-state index in [-0.39, 0.29) is 0 Å². The first-order valence-electron chi connectivity index (χ1n) is 5.24. The Balaban J connectivity index is 1.71. The zero-order valence-electron chi connectivity index (χ0n) is 8.32. The van der Waals surface area contributed by atoms with E-state index >= 15 is 0 Å². The zero-order chi connectivity index (χ0) is 9.80. The minimum absolute atomic E-state index is 0.454. The summed E-state index contributed by atoms with van der Waals surface area (Å²) >= 11 is 2.01. The Morgan fingerprint density at radius 3 is 2.79 bits per heavy atom. The smallest absolute Gasteiger partial charge is 0.113 e. The van der Waals surface area contributed by atoms with Gasteiger partial charge in [0, 0.05) is 11.3 Å². The summed E-state index contributed by atoms with van der Waals surface area (Å²) < 4.78 is 5.30. The van der Waals surface area contributed by atoms with E-state index in [2.05, 4.69) is 0 Å². The van der Waals surface area contributed by atoms with E-state index in [0.29, 0.717) is 6.04 Å². The van der Waals surface area contributed by atoms with E-state index in [1.165, 1.54) is 25.7 Å². The maximum Gasteiger partial charge on any atom is 0.113 e. The first-order chi connectivity index (χ1) is 6.84. The van der Waals surface area contributed by atoms with Gasteiger partial charge < -0.3 is 10.2 Å². The largest absolute Gasteiger partial charge is 0.468 e. The molecule has 1 aromatic heterocycles. The Morgan fingerprint density at radius 2 is 2.14 bits per heavy atom. The molecule has 1 saturated carbocycles. The Kier molecular flexibility index (Phi) is 3.54. The van der Waals surface area contributed by atoms with Crippen LogP contribution in [0.4, 0.5) is 0 Å². The molecule has 78 valence electrons. The third-order valence-corrected chi connectivity index (χ3v) is 4.15. The van der Waals surface area contributed by atoms with E-state index in [1.54, 1.807) is 6.26 Å². The van der Waals surface area contributed by atoms with Gasteiger partial charge in [0.25, 0.3) is 0 Å². The summed E-state index contributed by atoms with van der Waals surface area (Å²) in [7, 11) is 0. The van der Waals surface area contributed by atoms with Crippen LogP contribution in [0.15, 0.2) is 22.8 Å². The Morgan fingerprint density at radius 1 is 1.36 bits per heavy atom. The molecule has 0 aromatic carbocycles. The van der Waals surface area contributed by atoms with E-state index in [4.69, 9.17) is 10.2 Å². The van der Waals surface area contributed by atoms with Gasteiger partial charge >= 0.3 is 0 Å². The van der Waals surface area contributed by atoms with Crippen LogP contribution in [-0.4, -0.2) is 11.3 Å². The molecule has 2 rings (SSSR count). The Hall–Kier alpha value is -0.410. The van der Waals surface area contributed by atoms with Gasteiger partial charge in [0.05, 0.1) is 12.0 Å². The summed E-state index contributed by atoms with van der Waals surface area (Å²) in [4.78, 5) is 0. The molecule has 0 atom stereocenters. The van der Waals surface area contributed by atoms with Crippen LogP contribution in [0.1, 0.15) is 31.4 Å². The predicted molar refractivity (Wildman–Crippen MR) is 60.2 cm³/mol. The van der Waals surface area contributed by atoms with Crippen LogP contribution >= 0.6 is 11.8 Å². The maximum atomic E-state index is 5.86. The van der Waals surface area contributed by atoms with Gasteiger partial charge in [-0.1, -0.05) is 0 Å². The fraction of sp³-hybridized carbons (Fsp3) is 0.636. The standard InChI is InChI=1S/C11H17NOS/c12-9-3-5-11(6-4-9)14-8-10-2-1-7-13-10/h1-2,7,9,11H,3-6,8,12H2. The topological polar surface area (TPSA) is 39.2 Å². The third kappa shape index (κ3) is 2.79. The molecular weight excluding hydrogens is 194 g/mol. The van der Waals surface area contributed by atoms with E-state index in [9.17, 15) is 0 Å². The van der Waals surface area contributed by atoms with Crippen LogP contribution in [-0.2, 0) is 5.75 Å². The van der Waals surface area contributed by atoms with Crippen LogP contribution in [0, 0.1) is 0 Å².